The highest BCUT2D eigenvalue weighted by Crippen LogP contribution is 2.32. The zero-order valence-electron chi connectivity index (χ0n) is 14.3. The first-order valence-corrected chi connectivity index (χ1v) is 8.89. The van der Waals surface area contributed by atoms with Crippen LogP contribution in [0.15, 0.2) is 48.5 Å². The Bertz CT molecular complexity index is 699. The number of rotatable bonds is 4. The number of piperazine rings is 1. The van der Waals surface area contributed by atoms with Gasteiger partial charge in [0.1, 0.15) is 13.2 Å². The Kier molecular flexibility index (Phi) is 4.76. The van der Waals surface area contributed by atoms with Gasteiger partial charge >= 0.3 is 0 Å². The molecule has 0 aliphatic carbocycles. The third kappa shape index (κ3) is 3.72. The number of benzene rings is 2. The number of hydrogen-bond donors (Lipinski definition) is 1. The van der Waals surface area contributed by atoms with Crippen LogP contribution in [0.4, 0.5) is 5.69 Å². The second-order valence-electron chi connectivity index (χ2n) is 6.54. The Hall–Kier alpha value is -2.24. The van der Waals surface area contributed by atoms with Crippen molar-refractivity contribution in [1.82, 2.24) is 4.90 Å². The summed E-state index contributed by atoms with van der Waals surface area (Å²) in [6.07, 6.45) is -0.515. The molecule has 1 saturated heterocycles. The van der Waals surface area contributed by atoms with E-state index in [0.29, 0.717) is 19.8 Å². The van der Waals surface area contributed by atoms with Crippen LogP contribution >= 0.6 is 0 Å². The lowest BCUT2D eigenvalue weighted by Gasteiger charge is -2.37. The normalized spacial score (nSPS) is 18.8. The molecule has 1 unspecified atom stereocenters. The molecule has 2 aliphatic rings. The number of β-amino-alcohol motifs (C(OH)–C–C–N with tert-alkyl or cyclic N) is 1. The number of para-hydroxylation sites is 1. The van der Waals surface area contributed by atoms with Gasteiger partial charge in [0.2, 0.25) is 0 Å². The van der Waals surface area contributed by atoms with Crippen LogP contribution in [0.3, 0.4) is 0 Å². The maximum atomic E-state index is 10.6. The van der Waals surface area contributed by atoms with E-state index in [1.165, 1.54) is 5.69 Å². The van der Waals surface area contributed by atoms with Crippen molar-refractivity contribution in [3.8, 4) is 11.5 Å². The maximum Gasteiger partial charge on any atom is 0.161 e. The molecule has 2 aromatic carbocycles. The molecule has 0 radical (unpaired) electrons. The first-order valence-electron chi connectivity index (χ1n) is 8.89. The van der Waals surface area contributed by atoms with Gasteiger partial charge in [-0.3, -0.25) is 4.90 Å². The Balaban J connectivity index is 1.34. The summed E-state index contributed by atoms with van der Waals surface area (Å²) in [6, 6.07) is 16.2. The van der Waals surface area contributed by atoms with Crippen LogP contribution in [0, 0.1) is 0 Å². The number of fused-ring (bicyclic) bond motifs is 1. The molecule has 2 aliphatic heterocycles. The lowest BCUT2D eigenvalue weighted by molar-refractivity contribution is 0.108. The number of aliphatic hydroxyl groups is 1. The average Bonchev–Trinajstić information content (AvgIpc) is 2.69. The molecule has 0 aromatic heterocycles. The highest BCUT2D eigenvalue weighted by molar-refractivity contribution is 5.46. The molecule has 2 heterocycles. The molecule has 25 heavy (non-hydrogen) atoms. The SMILES string of the molecule is OC(CN1CCN(c2ccccc2)CC1)c1ccc2c(c1)OCCO2. The Labute approximate surface area is 148 Å². The Morgan fingerprint density at radius 3 is 2.36 bits per heavy atom. The van der Waals surface area contributed by atoms with E-state index >= 15 is 0 Å². The smallest absolute Gasteiger partial charge is 0.161 e. The van der Waals surface area contributed by atoms with E-state index in [0.717, 1.165) is 43.2 Å². The summed E-state index contributed by atoms with van der Waals surface area (Å²) in [5.74, 6) is 1.50. The van der Waals surface area contributed by atoms with E-state index in [2.05, 4.69) is 34.1 Å². The molecule has 0 spiro atoms. The molecular formula is C20H24N2O3. The van der Waals surface area contributed by atoms with E-state index in [9.17, 15) is 5.11 Å². The maximum absolute atomic E-state index is 10.6. The minimum atomic E-state index is -0.515. The number of nitrogens with zero attached hydrogens (tertiary/aromatic N) is 2. The quantitative estimate of drug-likeness (QED) is 0.925. The van der Waals surface area contributed by atoms with Crippen molar-refractivity contribution in [2.45, 2.75) is 6.10 Å². The van der Waals surface area contributed by atoms with Gasteiger partial charge in [-0.25, -0.2) is 0 Å². The van der Waals surface area contributed by atoms with Gasteiger partial charge in [0.15, 0.2) is 11.5 Å². The third-order valence-electron chi connectivity index (χ3n) is 4.88. The summed E-state index contributed by atoms with van der Waals surface area (Å²) < 4.78 is 11.2. The second-order valence-corrected chi connectivity index (χ2v) is 6.54. The molecule has 0 saturated carbocycles. The fraction of sp³-hybridized carbons (Fsp3) is 0.400. The van der Waals surface area contributed by atoms with Crippen LogP contribution < -0.4 is 14.4 Å². The molecule has 1 atom stereocenters. The number of aliphatic hydroxyl groups excluding tert-OH is 1. The van der Waals surface area contributed by atoms with Crippen LogP contribution in [0.25, 0.3) is 0 Å². The molecule has 2 aromatic rings. The zero-order valence-corrected chi connectivity index (χ0v) is 14.3. The number of anilines is 1. The predicted molar refractivity (Wildman–Crippen MR) is 97.5 cm³/mol. The van der Waals surface area contributed by atoms with Crippen molar-refractivity contribution in [1.29, 1.82) is 0 Å². The van der Waals surface area contributed by atoms with Crippen LogP contribution in [-0.2, 0) is 0 Å². The molecule has 4 rings (SSSR count). The topological polar surface area (TPSA) is 45.2 Å². The lowest BCUT2D eigenvalue weighted by atomic mass is 10.1. The summed E-state index contributed by atoms with van der Waals surface area (Å²) in [6.45, 7) is 5.67. The number of hydrogen-bond acceptors (Lipinski definition) is 5. The molecular weight excluding hydrogens is 316 g/mol. The van der Waals surface area contributed by atoms with Crippen molar-refractivity contribution < 1.29 is 14.6 Å². The van der Waals surface area contributed by atoms with E-state index in [4.69, 9.17) is 9.47 Å². The van der Waals surface area contributed by atoms with E-state index in [1.54, 1.807) is 0 Å². The van der Waals surface area contributed by atoms with Gasteiger partial charge in [-0.15, -0.1) is 0 Å². The monoisotopic (exact) mass is 340 g/mol. The summed E-state index contributed by atoms with van der Waals surface area (Å²) in [4.78, 5) is 4.72. The highest BCUT2D eigenvalue weighted by Gasteiger charge is 2.21. The van der Waals surface area contributed by atoms with Crippen LogP contribution in [-0.4, -0.2) is 55.9 Å². The summed E-state index contributed by atoms with van der Waals surface area (Å²) in [5.41, 5.74) is 2.16. The van der Waals surface area contributed by atoms with Gasteiger partial charge in [-0.2, -0.15) is 0 Å². The Morgan fingerprint density at radius 1 is 0.880 bits per heavy atom. The van der Waals surface area contributed by atoms with Crippen molar-refractivity contribution in [3.05, 3.63) is 54.1 Å². The summed E-state index contributed by atoms with van der Waals surface area (Å²) in [7, 11) is 0. The minimum Gasteiger partial charge on any atom is -0.486 e. The van der Waals surface area contributed by atoms with Crippen molar-refractivity contribution >= 4 is 5.69 Å². The van der Waals surface area contributed by atoms with Gasteiger partial charge in [0, 0.05) is 38.4 Å². The van der Waals surface area contributed by atoms with Crippen LogP contribution in [0.1, 0.15) is 11.7 Å². The predicted octanol–water partition coefficient (Wildman–Crippen LogP) is 2.31. The van der Waals surface area contributed by atoms with Gasteiger partial charge in [-0.1, -0.05) is 24.3 Å². The van der Waals surface area contributed by atoms with Gasteiger partial charge in [0.05, 0.1) is 6.10 Å². The molecule has 5 heteroatoms. The molecule has 0 amide bonds. The van der Waals surface area contributed by atoms with Gasteiger partial charge in [0.25, 0.3) is 0 Å². The second kappa shape index (κ2) is 7.33. The van der Waals surface area contributed by atoms with Gasteiger partial charge < -0.3 is 19.5 Å². The first-order chi connectivity index (χ1) is 12.3. The van der Waals surface area contributed by atoms with Crippen LogP contribution in [0.5, 0.6) is 11.5 Å². The Morgan fingerprint density at radius 2 is 1.60 bits per heavy atom. The van der Waals surface area contributed by atoms with Gasteiger partial charge in [-0.05, 0) is 29.8 Å². The molecule has 1 N–H and O–H groups in total. The lowest BCUT2D eigenvalue weighted by Crippen LogP contribution is -2.47. The molecule has 0 bridgehead atoms. The largest absolute Gasteiger partial charge is 0.486 e. The fourth-order valence-corrected chi connectivity index (χ4v) is 3.44. The van der Waals surface area contributed by atoms with Crippen molar-refractivity contribution in [2.75, 3.05) is 50.8 Å². The molecule has 5 nitrogen and oxygen atoms in total. The summed E-state index contributed by atoms with van der Waals surface area (Å²) in [5, 5.41) is 10.6. The number of ether oxygens (including phenoxy) is 2. The third-order valence-corrected chi connectivity index (χ3v) is 4.88. The first kappa shape index (κ1) is 16.2. The molecule has 132 valence electrons. The standard InChI is InChI=1S/C20H24N2O3/c23-18(16-6-7-19-20(14-16)25-13-12-24-19)15-21-8-10-22(11-9-21)17-4-2-1-3-5-17/h1-7,14,18,23H,8-13,15H2. The van der Waals surface area contributed by atoms with E-state index < -0.39 is 6.10 Å². The fourth-order valence-electron chi connectivity index (χ4n) is 3.44. The zero-order chi connectivity index (χ0) is 17.1. The molecule has 1 fully saturated rings. The van der Waals surface area contributed by atoms with Crippen molar-refractivity contribution in [3.63, 3.8) is 0 Å². The van der Waals surface area contributed by atoms with E-state index in [1.807, 2.05) is 24.3 Å². The van der Waals surface area contributed by atoms with E-state index in [-0.39, 0.29) is 0 Å². The summed E-state index contributed by atoms with van der Waals surface area (Å²) >= 11 is 0. The minimum absolute atomic E-state index is 0.515. The average molecular weight is 340 g/mol. The van der Waals surface area contributed by atoms with Crippen LogP contribution in [0.2, 0.25) is 0 Å². The van der Waals surface area contributed by atoms with Crippen molar-refractivity contribution in [2.24, 2.45) is 0 Å². The highest BCUT2D eigenvalue weighted by atomic mass is 16.6.